The van der Waals surface area contributed by atoms with E-state index in [9.17, 15) is 9.59 Å². The molecule has 0 atom stereocenters. The molecule has 0 spiro atoms. The third kappa shape index (κ3) is 2.74. The van der Waals surface area contributed by atoms with Crippen LogP contribution in [0.1, 0.15) is 16.1 Å². The average Bonchev–Trinajstić information content (AvgIpc) is 2.96. The van der Waals surface area contributed by atoms with E-state index in [4.69, 9.17) is 4.42 Å². The SMILES string of the molecule is Cc1ccc2c(=O)cc(C(=O)Sc3nc4ccccc4s3)oc2c1. The van der Waals surface area contributed by atoms with Crippen LogP contribution < -0.4 is 5.43 Å². The molecule has 0 fully saturated rings. The van der Waals surface area contributed by atoms with E-state index in [1.807, 2.05) is 37.3 Å². The first kappa shape index (κ1) is 15.1. The lowest BCUT2D eigenvalue weighted by Gasteiger charge is -2.01. The zero-order valence-electron chi connectivity index (χ0n) is 12.6. The van der Waals surface area contributed by atoms with Gasteiger partial charge in [0.1, 0.15) is 5.58 Å². The molecule has 6 heteroatoms. The monoisotopic (exact) mass is 353 g/mol. The van der Waals surface area contributed by atoms with Gasteiger partial charge in [0, 0.05) is 6.07 Å². The molecule has 2 aromatic heterocycles. The van der Waals surface area contributed by atoms with Crippen LogP contribution in [0, 0.1) is 6.92 Å². The van der Waals surface area contributed by atoms with Gasteiger partial charge >= 0.3 is 0 Å². The first-order valence-corrected chi connectivity index (χ1v) is 8.86. The van der Waals surface area contributed by atoms with Crippen LogP contribution in [0.4, 0.5) is 0 Å². The molecule has 2 heterocycles. The Hall–Kier alpha value is -2.44. The number of aromatic nitrogens is 1. The molecule has 0 aliphatic carbocycles. The average molecular weight is 353 g/mol. The summed E-state index contributed by atoms with van der Waals surface area (Å²) in [5, 5.41) is 0.150. The number of nitrogens with zero attached hydrogens (tertiary/aromatic N) is 1. The highest BCUT2D eigenvalue weighted by atomic mass is 32.2. The Morgan fingerprint density at radius 3 is 2.83 bits per heavy atom. The molecule has 2 aromatic carbocycles. The highest BCUT2D eigenvalue weighted by Gasteiger charge is 2.16. The molecule has 0 saturated heterocycles. The summed E-state index contributed by atoms with van der Waals surface area (Å²) in [4.78, 5) is 29.1. The fourth-order valence-electron chi connectivity index (χ4n) is 2.39. The van der Waals surface area contributed by atoms with Crippen molar-refractivity contribution in [3.63, 3.8) is 0 Å². The summed E-state index contributed by atoms with van der Waals surface area (Å²) >= 11 is 2.42. The van der Waals surface area contributed by atoms with Gasteiger partial charge in [-0.25, -0.2) is 4.98 Å². The van der Waals surface area contributed by atoms with Gasteiger partial charge in [0.2, 0.25) is 0 Å². The van der Waals surface area contributed by atoms with Crippen LogP contribution in [0.2, 0.25) is 0 Å². The summed E-state index contributed by atoms with van der Waals surface area (Å²) in [5.41, 5.74) is 2.03. The fraction of sp³-hybridized carbons (Fsp3) is 0.0556. The van der Waals surface area contributed by atoms with Gasteiger partial charge in [-0.2, -0.15) is 0 Å². The third-order valence-electron chi connectivity index (χ3n) is 3.54. The fourth-order valence-corrected chi connectivity index (χ4v) is 4.25. The molecule has 0 N–H and O–H groups in total. The molecule has 0 radical (unpaired) electrons. The Labute approximate surface area is 145 Å². The van der Waals surface area contributed by atoms with Gasteiger partial charge in [-0.05, 0) is 48.5 Å². The van der Waals surface area contributed by atoms with E-state index in [0.29, 0.717) is 15.3 Å². The summed E-state index contributed by atoms with van der Waals surface area (Å²) in [6.07, 6.45) is 0. The van der Waals surface area contributed by atoms with Crippen molar-refractivity contribution >= 4 is 49.4 Å². The van der Waals surface area contributed by atoms with E-state index in [1.165, 1.54) is 17.4 Å². The van der Waals surface area contributed by atoms with Crippen molar-refractivity contribution in [1.29, 1.82) is 0 Å². The summed E-state index contributed by atoms with van der Waals surface area (Å²) in [5.74, 6) is 0.0438. The van der Waals surface area contributed by atoms with Gasteiger partial charge in [-0.1, -0.05) is 18.2 Å². The van der Waals surface area contributed by atoms with Crippen molar-refractivity contribution in [2.24, 2.45) is 0 Å². The molecule has 0 aliphatic rings. The second-order valence-electron chi connectivity index (χ2n) is 5.31. The molecular weight excluding hydrogens is 342 g/mol. The van der Waals surface area contributed by atoms with E-state index < -0.39 is 0 Å². The first-order valence-electron chi connectivity index (χ1n) is 7.22. The number of thiazole rings is 1. The maximum Gasteiger partial charge on any atom is 0.261 e. The van der Waals surface area contributed by atoms with Crippen molar-refractivity contribution in [3.8, 4) is 0 Å². The highest BCUT2D eigenvalue weighted by molar-refractivity contribution is 8.15. The Balaban J connectivity index is 1.71. The third-order valence-corrected chi connectivity index (χ3v) is 5.52. The molecule has 4 nitrogen and oxygen atoms in total. The molecular formula is C18H11NO3S2. The molecule has 0 amide bonds. The molecule has 0 unspecified atom stereocenters. The van der Waals surface area contributed by atoms with E-state index in [-0.39, 0.29) is 16.3 Å². The number of rotatable bonds is 2. The number of carbonyl (C=O) groups excluding carboxylic acids is 1. The van der Waals surface area contributed by atoms with E-state index in [0.717, 1.165) is 27.5 Å². The summed E-state index contributed by atoms with van der Waals surface area (Å²) < 4.78 is 7.29. The van der Waals surface area contributed by atoms with E-state index in [2.05, 4.69) is 4.98 Å². The van der Waals surface area contributed by atoms with Crippen molar-refractivity contribution in [1.82, 2.24) is 4.98 Å². The number of benzene rings is 2. The van der Waals surface area contributed by atoms with Crippen molar-refractivity contribution in [3.05, 3.63) is 70.1 Å². The Kier molecular flexibility index (Phi) is 3.70. The van der Waals surface area contributed by atoms with Crippen molar-refractivity contribution in [2.45, 2.75) is 11.3 Å². The van der Waals surface area contributed by atoms with Crippen LogP contribution in [0.15, 0.2) is 62.1 Å². The van der Waals surface area contributed by atoms with E-state index >= 15 is 0 Å². The van der Waals surface area contributed by atoms with Crippen molar-refractivity contribution < 1.29 is 9.21 Å². The van der Waals surface area contributed by atoms with Gasteiger partial charge in [-0.15, -0.1) is 11.3 Å². The Morgan fingerprint density at radius 2 is 2.00 bits per heavy atom. The number of thioether (sulfide) groups is 1. The van der Waals surface area contributed by atoms with Crippen LogP contribution in [0.3, 0.4) is 0 Å². The quantitative estimate of drug-likeness (QED) is 0.491. The smallest absolute Gasteiger partial charge is 0.261 e. The lowest BCUT2D eigenvalue weighted by Crippen LogP contribution is -2.05. The summed E-state index contributed by atoms with van der Waals surface area (Å²) in [6.45, 7) is 1.91. The normalized spacial score (nSPS) is 11.2. The van der Waals surface area contributed by atoms with Crippen molar-refractivity contribution in [2.75, 3.05) is 0 Å². The minimum absolute atomic E-state index is 0.0438. The molecule has 0 bridgehead atoms. The van der Waals surface area contributed by atoms with Gasteiger partial charge < -0.3 is 4.42 Å². The topological polar surface area (TPSA) is 60.2 Å². The number of para-hydroxylation sites is 1. The van der Waals surface area contributed by atoms with Crippen LogP contribution in [0.5, 0.6) is 0 Å². The lowest BCUT2D eigenvalue weighted by molar-refractivity contribution is 0.106. The van der Waals surface area contributed by atoms with Gasteiger partial charge in [0.25, 0.3) is 5.12 Å². The maximum absolute atomic E-state index is 12.5. The van der Waals surface area contributed by atoms with E-state index in [1.54, 1.807) is 12.1 Å². The predicted molar refractivity (Wildman–Crippen MR) is 97.0 cm³/mol. The number of aryl methyl sites for hydroxylation is 1. The standard InChI is InChI=1S/C18H11NO3S2/c1-10-6-7-11-13(20)9-15(22-14(11)8-10)17(21)24-18-19-12-4-2-3-5-16(12)23-18/h2-9H,1H3. The second kappa shape index (κ2) is 5.89. The summed E-state index contributed by atoms with van der Waals surface area (Å²) in [7, 11) is 0. The molecule has 4 aromatic rings. The van der Waals surface area contributed by atoms with Crippen LogP contribution in [-0.4, -0.2) is 10.1 Å². The molecule has 24 heavy (non-hydrogen) atoms. The van der Waals surface area contributed by atoms with Crippen LogP contribution >= 0.6 is 23.1 Å². The first-order chi connectivity index (χ1) is 11.6. The number of fused-ring (bicyclic) bond motifs is 2. The number of carbonyl (C=O) groups is 1. The largest absolute Gasteiger partial charge is 0.452 e. The second-order valence-corrected chi connectivity index (χ2v) is 7.56. The van der Waals surface area contributed by atoms with Gasteiger partial charge in [-0.3, -0.25) is 9.59 Å². The highest BCUT2D eigenvalue weighted by Crippen LogP contribution is 2.31. The number of hydrogen-bond donors (Lipinski definition) is 0. The Bertz CT molecular complexity index is 1110. The lowest BCUT2D eigenvalue weighted by atomic mass is 10.1. The maximum atomic E-state index is 12.5. The van der Waals surface area contributed by atoms with Crippen LogP contribution in [0.25, 0.3) is 21.2 Å². The Morgan fingerprint density at radius 1 is 1.17 bits per heavy atom. The van der Waals surface area contributed by atoms with Crippen LogP contribution in [-0.2, 0) is 0 Å². The minimum Gasteiger partial charge on any atom is -0.452 e. The van der Waals surface area contributed by atoms with Gasteiger partial charge in [0.15, 0.2) is 15.5 Å². The van der Waals surface area contributed by atoms with Gasteiger partial charge in [0.05, 0.1) is 15.6 Å². The number of hydrogen-bond acceptors (Lipinski definition) is 6. The minimum atomic E-state index is -0.324. The zero-order chi connectivity index (χ0) is 16.7. The molecule has 0 aliphatic heterocycles. The predicted octanol–water partition coefficient (Wildman–Crippen LogP) is 4.64. The summed E-state index contributed by atoms with van der Waals surface area (Å²) in [6, 6.07) is 14.3. The molecule has 118 valence electrons. The molecule has 0 saturated carbocycles. The molecule has 4 rings (SSSR count). The zero-order valence-corrected chi connectivity index (χ0v) is 14.2.